The van der Waals surface area contributed by atoms with Crippen LogP contribution in [-0.4, -0.2) is 15.0 Å². The number of aromatic amines is 1. The van der Waals surface area contributed by atoms with Gasteiger partial charge in [-0.2, -0.15) is 0 Å². The maximum Gasteiger partial charge on any atom is 0.137 e. The van der Waals surface area contributed by atoms with E-state index in [2.05, 4.69) is 52.4 Å². The second-order valence-corrected chi connectivity index (χ2v) is 6.45. The second-order valence-electron chi connectivity index (χ2n) is 6.45. The summed E-state index contributed by atoms with van der Waals surface area (Å²) in [7, 11) is 0. The molecule has 0 atom stereocenters. The van der Waals surface area contributed by atoms with Gasteiger partial charge in [0.1, 0.15) is 5.82 Å². The molecule has 0 fully saturated rings. The molecule has 27 heavy (non-hydrogen) atoms. The van der Waals surface area contributed by atoms with Crippen molar-refractivity contribution in [1.29, 1.82) is 0 Å². The lowest BCUT2D eigenvalue weighted by atomic mass is 10.0. The summed E-state index contributed by atoms with van der Waals surface area (Å²) in [4.78, 5) is 12.9. The van der Waals surface area contributed by atoms with E-state index in [-0.39, 0.29) is 0 Å². The average molecular weight is 347 g/mol. The lowest BCUT2D eigenvalue weighted by Gasteiger charge is -2.09. The van der Waals surface area contributed by atoms with Crippen LogP contribution in [0.1, 0.15) is 0 Å². The topological polar surface area (TPSA) is 41.6 Å². The van der Waals surface area contributed by atoms with Crippen LogP contribution in [0.2, 0.25) is 0 Å². The van der Waals surface area contributed by atoms with E-state index in [4.69, 9.17) is 4.98 Å². The molecule has 0 aliphatic heterocycles. The van der Waals surface area contributed by atoms with Gasteiger partial charge in [0.05, 0.1) is 23.1 Å². The Hall–Kier alpha value is -3.72. The van der Waals surface area contributed by atoms with Gasteiger partial charge in [0.2, 0.25) is 0 Å². The Morgan fingerprint density at radius 3 is 2.11 bits per heavy atom. The van der Waals surface area contributed by atoms with Gasteiger partial charge in [-0.3, -0.25) is 0 Å². The summed E-state index contributed by atoms with van der Waals surface area (Å²) < 4.78 is 0. The van der Waals surface area contributed by atoms with E-state index in [9.17, 15) is 0 Å². The molecule has 3 aromatic carbocycles. The monoisotopic (exact) mass is 347 g/mol. The van der Waals surface area contributed by atoms with Crippen molar-refractivity contribution in [2.24, 2.45) is 0 Å². The van der Waals surface area contributed by atoms with E-state index in [1.54, 1.807) is 0 Å². The Bertz CT molecular complexity index is 1210. The Morgan fingerprint density at radius 2 is 1.33 bits per heavy atom. The number of rotatable bonds is 3. The molecular weight excluding hydrogens is 330 g/mol. The zero-order chi connectivity index (χ0) is 18.1. The van der Waals surface area contributed by atoms with Crippen LogP contribution < -0.4 is 0 Å². The lowest BCUT2D eigenvalue weighted by Crippen LogP contribution is -1.90. The summed E-state index contributed by atoms with van der Waals surface area (Å²) in [6.07, 6.45) is 1.90. The summed E-state index contributed by atoms with van der Waals surface area (Å²) in [5.74, 6) is 0.868. The maximum atomic E-state index is 4.86. The summed E-state index contributed by atoms with van der Waals surface area (Å²) in [5, 5.41) is 1.11. The standard InChI is InChI=1S/C24H17N3/c1-3-9-17(10-4-1)22-15-20(19-13-7-8-14-21(19)26-22)23-16-25-24(27-23)18-11-5-2-6-12-18/h1-16H,(H,25,27). The third-order valence-corrected chi connectivity index (χ3v) is 4.70. The number of hydrogen-bond donors (Lipinski definition) is 1. The van der Waals surface area contributed by atoms with Gasteiger partial charge in [-0.15, -0.1) is 0 Å². The molecule has 2 heterocycles. The van der Waals surface area contributed by atoms with Crippen LogP contribution in [0, 0.1) is 0 Å². The van der Waals surface area contributed by atoms with Crippen LogP contribution >= 0.6 is 0 Å². The smallest absolute Gasteiger partial charge is 0.137 e. The van der Waals surface area contributed by atoms with Crippen LogP contribution in [0.25, 0.3) is 44.8 Å². The largest absolute Gasteiger partial charge is 0.338 e. The third kappa shape index (κ3) is 2.89. The summed E-state index contributed by atoms with van der Waals surface area (Å²) in [5.41, 5.74) is 6.21. The fourth-order valence-electron chi connectivity index (χ4n) is 3.36. The maximum absolute atomic E-state index is 4.86. The van der Waals surface area contributed by atoms with Gasteiger partial charge in [0, 0.05) is 22.1 Å². The fourth-order valence-corrected chi connectivity index (χ4v) is 3.36. The van der Waals surface area contributed by atoms with E-state index in [1.165, 1.54) is 0 Å². The number of aromatic nitrogens is 3. The van der Waals surface area contributed by atoms with Crippen molar-refractivity contribution in [2.75, 3.05) is 0 Å². The number of hydrogen-bond acceptors (Lipinski definition) is 2. The molecule has 1 N–H and O–H groups in total. The Kier molecular flexibility index (Phi) is 3.76. The first-order valence-corrected chi connectivity index (χ1v) is 8.94. The van der Waals surface area contributed by atoms with Crippen molar-refractivity contribution in [3.05, 3.63) is 97.2 Å². The zero-order valence-electron chi connectivity index (χ0n) is 14.6. The Balaban J connectivity index is 1.70. The quantitative estimate of drug-likeness (QED) is 0.437. The van der Waals surface area contributed by atoms with Gasteiger partial charge in [-0.1, -0.05) is 78.9 Å². The molecule has 128 valence electrons. The molecular formula is C24H17N3. The number of imidazole rings is 1. The van der Waals surface area contributed by atoms with Gasteiger partial charge >= 0.3 is 0 Å². The molecule has 5 aromatic rings. The van der Waals surface area contributed by atoms with E-state index < -0.39 is 0 Å². The zero-order valence-corrected chi connectivity index (χ0v) is 14.6. The van der Waals surface area contributed by atoms with Crippen LogP contribution in [0.3, 0.4) is 0 Å². The number of benzene rings is 3. The average Bonchev–Trinajstić information content (AvgIpc) is 3.24. The number of fused-ring (bicyclic) bond motifs is 1. The second kappa shape index (κ2) is 6.54. The highest BCUT2D eigenvalue weighted by Gasteiger charge is 2.12. The van der Waals surface area contributed by atoms with Crippen molar-refractivity contribution in [3.8, 4) is 33.9 Å². The minimum atomic E-state index is 0.868. The normalized spacial score (nSPS) is 11.0. The van der Waals surface area contributed by atoms with Crippen LogP contribution in [0.5, 0.6) is 0 Å². The molecule has 3 heteroatoms. The number of para-hydroxylation sites is 1. The molecule has 0 spiro atoms. The molecule has 0 amide bonds. The lowest BCUT2D eigenvalue weighted by molar-refractivity contribution is 1.31. The molecule has 5 rings (SSSR count). The molecule has 0 radical (unpaired) electrons. The summed E-state index contributed by atoms with van der Waals surface area (Å²) in [6.45, 7) is 0. The van der Waals surface area contributed by atoms with E-state index in [0.29, 0.717) is 0 Å². The number of nitrogens with zero attached hydrogens (tertiary/aromatic N) is 2. The molecule has 0 unspecified atom stereocenters. The predicted octanol–water partition coefficient (Wildman–Crippen LogP) is 5.96. The van der Waals surface area contributed by atoms with Gasteiger partial charge in [-0.05, 0) is 12.1 Å². The molecule has 0 saturated heterocycles. The first-order chi connectivity index (χ1) is 13.4. The first kappa shape index (κ1) is 15.5. The highest BCUT2D eigenvalue weighted by atomic mass is 14.9. The predicted molar refractivity (Wildman–Crippen MR) is 110 cm³/mol. The molecule has 2 aromatic heterocycles. The van der Waals surface area contributed by atoms with E-state index in [0.717, 1.165) is 44.8 Å². The van der Waals surface area contributed by atoms with Crippen molar-refractivity contribution >= 4 is 10.9 Å². The van der Waals surface area contributed by atoms with E-state index in [1.807, 2.05) is 54.7 Å². The highest BCUT2D eigenvalue weighted by molar-refractivity contribution is 5.96. The molecule has 0 saturated carbocycles. The molecule has 0 aliphatic rings. The van der Waals surface area contributed by atoms with Gasteiger partial charge < -0.3 is 4.98 Å². The summed E-state index contributed by atoms with van der Waals surface area (Å²) in [6, 6.07) is 30.8. The summed E-state index contributed by atoms with van der Waals surface area (Å²) >= 11 is 0. The Morgan fingerprint density at radius 1 is 0.667 bits per heavy atom. The molecule has 0 aliphatic carbocycles. The number of pyridine rings is 1. The Labute approximate surface area is 157 Å². The fraction of sp³-hybridized carbons (Fsp3) is 0. The number of H-pyrrole nitrogens is 1. The first-order valence-electron chi connectivity index (χ1n) is 8.94. The SMILES string of the molecule is c1ccc(-c2cc(-c3cnc(-c4ccccc4)[nH]3)c3ccccc3n2)cc1. The van der Waals surface area contributed by atoms with Crippen molar-refractivity contribution in [1.82, 2.24) is 15.0 Å². The molecule has 3 nitrogen and oxygen atoms in total. The van der Waals surface area contributed by atoms with Crippen molar-refractivity contribution < 1.29 is 0 Å². The molecule has 0 bridgehead atoms. The minimum Gasteiger partial charge on any atom is -0.338 e. The number of nitrogens with one attached hydrogen (secondary N) is 1. The van der Waals surface area contributed by atoms with Gasteiger partial charge in [0.25, 0.3) is 0 Å². The third-order valence-electron chi connectivity index (χ3n) is 4.70. The van der Waals surface area contributed by atoms with E-state index >= 15 is 0 Å². The van der Waals surface area contributed by atoms with Crippen LogP contribution in [-0.2, 0) is 0 Å². The van der Waals surface area contributed by atoms with Crippen molar-refractivity contribution in [2.45, 2.75) is 0 Å². The minimum absolute atomic E-state index is 0.868. The van der Waals surface area contributed by atoms with Crippen LogP contribution in [0.15, 0.2) is 97.2 Å². The van der Waals surface area contributed by atoms with Gasteiger partial charge in [-0.25, -0.2) is 9.97 Å². The highest BCUT2D eigenvalue weighted by Crippen LogP contribution is 2.32. The van der Waals surface area contributed by atoms with Crippen LogP contribution in [0.4, 0.5) is 0 Å². The van der Waals surface area contributed by atoms with Crippen molar-refractivity contribution in [3.63, 3.8) is 0 Å². The van der Waals surface area contributed by atoms with Gasteiger partial charge in [0.15, 0.2) is 0 Å².